The van der Waals surface area contributed by atoms with Crippen LogP contribution in [0.2, 0.25) is 0 Å². The molecule has 7 heteroatoms. The summed E-state index contributed by atoms with van der Waals surface area (Å²) in [7, 11) is 2.02. The van der Waals surface area contributed by atoms with Gasteiger partial charge in [0.2, 0.25) is 0 Å². The Morgan fingerprint density at radius 2 is 2.03 bits per heavy atom. The Hall–Kier alpha value is -4.26. The number of nitrogens with one attached hydrogen (secondary N) is 2. The van der Waals surface area contributed by atoms with Gasteiger partial charge in [-0.15, -0.1) is 0 Å². The number of aromatic nitrogens is 7. The summed E-state index contributed by atoms with van der Waals surface area (Å²) in [6.45, 7) is 7.87. The van der Waals surface area contributed by atoms with Crippen molar-refractivity contribution in [2.24, 2.45) is 7.05 Å². The van der Waals surface area contributed by atoms with E-state index in [-0.39, 0.29) is 0 Å². The Kier molecular flexibility index (Phi) is 4.78. The summed E-state index contributed by atoms with van der Waals surface area (Å²) in [6, 6.07) is 10.2. The van der Waals surface area contributed by atoms with Crippen LogP contribution in [0.25, 0.3) is 39.3 Å². The molecule has 5 rings (SSSR count). The highest BCUT2D eigenvalue weighted by Gasteiger charge is 2.18. The van der Waals surface area contributed by atoms with Crippen LogP contribution in [0.5, 0.6) is 0 Å². The van der Waals surface area contributed by atoms with Gasteiger partial charge in [-0.2, -0.15) is 5.10 Å². The third-order valence-corrected chi connectivity index (χ3v) is 5.70. The van der Waals surface area contributed by atoms with Crippen LogP contribution in [0.4, 0.5) is 0 Å². The first-order valence-electron chi connectivity index (χ1n) is 10.3. The highest BCUT2D eigenvalue weighted by Crippen LogP contribution is 2.32. The number of imidazole rings is 2. The topological polar surface area (TPSA) is 88.1 Å². The number of allylic oxidation sites excluding steroid dienone is 2. The summed E-state index contributed by atoms with van der Waals surface area (Å²) in [5.41, 5.74) is 7.60. The Bertz CT molecular complexity index is 1470. The predicted molar refractivity (Wildman–Crippen MR) is 127 cm³/mol. The average Bonchev–Trinajstić information content (AvgIpc) is 3.49. The molecule has 0 saturated heterocycles. The maximum Gasteiger partial charge on any atom is 0.159 e. The van der Waals surface area contributed by atoms with Crippen molar-refractivity contribution in [3.8, 4) is 22.8 Å². The molecule has 4 aromatic heterocycles. The second-order valence-electron chi connectivity index (χ2n) is 7.70. The molecule has 0 saturated carbocycles. The van der Waals surface area contributed by atoms with E-state index in [0.29, 0.717) is 5.82 Å². The Labute approximate surface area is 185 Å². The van der Waals surface area contributed by atoms with Crippen molar-refractivity contribution in [3.63, 3.8) is 0 Å². The standard InChI is InChI=1S/C25H23N7/c1-5-7-19(18-8-6-11-26-13-18)23-15(2)28-25(29-23)24-20-12-17(9-10-21(20)30-31-24)22-14-27-16(3)32(22)4/h5-14H,1H2,2-4H3,(H,28,29)(H,30,31)/b19-7-. The average molecular weight is 422 g/mol. The molecule has 32 heavy (non-hydrogen) atoms. The minimum atomic E-state index is 0.709. The van der Waals surface area contributed by atoms with Crippen molar-refractivity contribution in [1.29, 1.82) is 0 Å². The Morgan fingerprint density at radius 1 is 1.16 bits per heavy atom. The minimum Gasteiger partial charge on any atom is -0.340 e. The van der Waals surface area contributed by atoms with E-state index in [2.05, 4.69) is 48.4 Å². The fourth-order valence-electron chi connectivity index (χ4n) is 3.91. The smallest absolute Gasteiger partial charge is 0.159 e. The molecule has 5 aromatic rings. The lowest BCUT2D eigenvalue weighted by Gasteiger charge is -2.05. The molecule has 2 N–H and O–H groups in total. The molecule has 0 fully saturated rings. The van der Waals surface area contributed by atoms with E-state index in [9.17, 15) is 0 Å². The quantitative estimate of drug-likeness (QED) is 0.392. The lowest BCUT2D eigenvalue weighted by atomic mass is 10.0. The van der Waals surface area contributed by atoms with Crippen LogP contribution in [-0.2, 0) is 7.05 Å². The van der Waals surface area contributed by atoms with Gasteiger partial charge in [0.15, 0.2) is 5.82 Å². The summed E-state index contributed by atoms with van der Waals surface area (Å²) in [4.78, 5) is 17.0. The highest BCUT2D eigenvalue weighted by molar-refractivity contribution is 5.94. The number of hydrogen-bond donors (Lipinski definition) is 2. The highest BCUT2D eigenvalue weighted by atomic mass is 15.1. The van der Waals surface area contributed by atoms with E-state index in [1.54, 1.807) is 12.3 Å². The zero-order valence-corrected chi connectivity index (χ0v) is 18.2. The van der Waals surface area contributed by atoms with Crippen LogP contribution in [0.3, 0.4) is 0 Å². The summed E-state index contributed by atoms with van der Waals surface area (Å²) in [6.07, 6.45) is 9.20. The van der Waals surface area contributed by atoms with Gasteiger partial charge in [-0.05, 0) is 32.0 Å². The number of pyridine rings is 1. The van der Waals surface area contributed by atoms with Crippen molar-refractivity contribution in [1.82, 2.24) is 34.7 Å². The van der Waals surface area contributed by atoms with Gasteiger partial charge >= 0.3 is 0 Å². The fourth-order valence-corrected chi connectivity index (χ4v) is 3.91. The molecular formula is C25H23N7. The predicted octanol–water partition coefficient (Wildman–Crippen LogP) is 4.98. The molecule has 0 aliphatic rings. The van der Waals surface area contributed by atoms with E-state index in [1.165, 1.54) is 0 Å². The Balaban J connectivity index is 1.62. The van der Waals surface area contributed by atoms with Crippen molar-refractivity contribution >= 4 is 16.5 Å². The second-order valence-corrected chi connectivity index (χ2v) is 7.70. The molecule has 4 heterocycles. The summed E-state index contributed by atoms with van der Waals surface area (Å²) < 4.78 is 2.08. The molecular weight excluding hydrogens is 398 g/mol. The molecule has 0 aliphatic heterocycles. The molecule has 0 atom stereocenters. The van der Waals surface area contributed by atoms with Gasteiger partial charge in [-0.1, -0.05) is 30.9 Å². The maximum atomic E-state index is 4.92. The van der Waals surface area contributed by atoms with Crippen molar-refractivity contribution < 1.29 is 0 Å². The van der Waals surface area contributed by atoms with Gasteiger partial charge in [0.05, 0.1) is 23.1 Å². The zero-order chi connectivity index (χ0) is 22.2. The van der Waals surface area contributed by atoms with E-state index in [1.807, 2.05) is 57.6 Å². The second kappa shape index (κ2) is 7.77. The summed E-state index contributed by atoms with van der Waals surface area (Å²) in [5, 5.41) is 8.69. The van der Waals surface area contributed by atoms with Gasteiger partial charge in [0.25, 0.3) is 0 Å². The molecule has 1 aromatic carbocycles. The lowest BCUT2D eigenvalue weighted by molar-refractivity contribution is 0.865. The third kappa shape index (κ3) is 3.24. The summed E-state index contributed by atoms with van der Waals surface area (Å²) in [5.74, 6) is 1.68. The van der Waals surface area contributed by atoms with E-state index >= 15 is 0 Å². The van der Waals surface area contributed by atoms with Crippen molar-refractivity contribution in [2.75, 3.05) is 0 Å². The molecule has 0 unspecified atom stereocenters. The number of H-pyrrole nitrogens is 2. The van der Waals surface area contributed by atoms with Gasteiger partial charge in [-0.25, -0.2) is 9.97 Å². The van der Waals surface area contributed by atoms with E-state index in [4.69, 9.17) is 4.98 Å². The monoisotopic (exact) mass is 421 g/mol. The molecule has 7 nitrogen and oxygen atoms in total. The Morgan fingerprint density at radius 3 is 2.75 bits per heavy atom. The molecule has 158 valence electrons. The molecule has 0 aliphatic carbocycles. The van der Waals surface area contributed by atoms with Crippen LogP contribution in [0.1, 0.15) is 22.8 Å². The number of hydrogen-bond acceptors (Lipinski definition) is 4. The number of aryl methyl sites for hydroxylation is 2. The largest absolute Gasteiger partial charge is 0.340 e. The first kappa shape index (κ1) is 19.7. The number of nitrogens with zero attached hydrogens (tertiary/aromatic N) is 5. The minimum absolute atomic E-state index is 0.709. The van der Waals surface area contributed by atoms with Crippen LogP contribution >= 0.6 is 0 Å². The number of fused-ring (bicyclic) bond motifs is 1. The fraction of sp³-hybridized carbons (Fsp3) is 0.120. The van der Waals surface area contributed by atoms with Crippen molar-refractivity contribution in [2.45, 2.75) is 13.8 Å². The van der Waals surface area contributed by atoms with E-state index in [0.717, 1.165) is 56.2 Å². The maximum absolute atomic E-state index is 4.92. The normalized spacial score (nSPS) is 11.9. The van der Waals surface area contributed by atoms with Crippen molar-refractivity contribution in [3.05, 3.63) is 90.4 Å². The molecule has 0 radical (unpaired) electrons. The van der Waals surface area contributed by atoms with Crippen LogP contribution < -0.4 is 0 Å². The van der Waals surface area contributed by atoms with Gasteiger partial charge < -0.3 is 9.55 Å². The molecule has 0 amide bonds. The van der Waals surface area contributed by atoms with Crippen LogP contribution in [-0.4, -0.2) is 34.7 Å². The number of rotatable bonds is 5. The zero-order valence-electron chi connectivity index (χ0n) is 18.2. The molecule has 0 bridgehead atoms. The first-order valence-corrected chi connectivity index (χ1v) is 10.3. The van der Waals surface area contributed by atoms with Crippen LogP contribution in [0.15, 0.2) is 67.7 Å². The molecule has 0 spiro atoms. The van der Waals surface area contributed by atoms with Gasteiger partial charge in [0, 0.05) is 47.2 Å². The van der Waals surface area contributed by atoms with Crippen LogP contribution in [0, 0.1) is 13.8 Å². The SMILES string of the molecule is C=C/C=C(/c1cccnc1)c1nc(-c2n[nH]c3ccc(-c4cnc(C)n4C)cc23)[nH]c1C. The number of benzene rings is 1. The lowest BCUT2D eigenvalue weighted by Crippen LogP contribution is -1.94. The first-order chi connectivity index (χ1) is 15.6. The third-order valence-electron chi connectivity index (χ3n) is 5.70. The van der Waals surface area contributed by atoms with Gasteiger partial charge in [0.1, 0.15) is 11.5 Å². The van der Waals surface area contributed by atoms with Gasteiger partial charge in [-0.3, -0.25) is 10.1 Å². The van der Waals surface area contributed by atoms with E-state index < -0.39 is 0 Å². The summed E-state index contributed by atoms with van der Waals surface area (Å²) >= 11 is 0. The number of aromatic amines is 2.